The van der Waals surface area contributed by atoms with Gasteiger partial charge in [0.25, 0.3) is 0 Å². The van der Waals surface area contributed by atoms with Gasteiger partial charge in [0.15, 0.2) is 0 Å². The van der Waals surface area contributed by atoms with Crippen LogP contribution in [-0.2, 0) is 16.3 Å². The Morgan fingerprint density at radius 3 is 2.43 bits per heavy atom. The lowest BCUT2D eigenvalue weighted by Crippen LogP contribution is -1.99. The largest absolute Gasteiger partial charge is 0.326 e. The van der Waals surface area contributed by atoms with E-state index in [0.717, 1.165) is 5.56 Å². The number of hydrogen-bond acceptors (Lipinski definition) is 3. The summed E-state index contributed by atoms with van der Waals surface area (Å²) in [5.74, 6) is 0. The van der Waals surface area contributed by atoms with E-state index in [1.807, 2.05) is 6.07 Å². The van der Waals surface area contributed by atoms with Crippen molar-refractivity contribution in [2.24, 2.45) is 5.73 Å². The Bertz CT molecular complexity index is 379. The fraction of sp³-hybridized carbons (Fsp3) is 0.250. The minimum atomic E-state index is -2.59. The molecule has 0 heterocycles. The maximum atomic E-state index is 11.3. The minimum Gasteiger partial charge on any atom is -0.326 e. The first-order valence-corrected chi connectivity index (χ1v) is 5.53. The molecule has 0 fully saturated rings. The van der Waals surface area contributed by atoms with Crippen molar-refractivity contribution in [1.82, 2.24) is 0 Å². The van der Waals surface area contributed by atoms with Crippen LogP contribution in [0.25, 0.3) is 0 Å². The van der Waals surface area contributed by atoms with Crippen molar-refractivity contribution < 1.29 is 4.21 Å². The minimum absolute atomic E-state index is 0. The molecule has 3 nitrogen and oxygen atoms in total. The number of nitrogens with two attached hydrogens (primary N) is 1. The van der Waals surface area contributed by atoms with Crippen LogP contribution in [-0.4, -0.2) is 10.5 Å². The van der Waals surface area contributed by atoms with E-state index < -0.39 is 9.73 Å². The Balaban J connectivity index is 0. The number of hydrogen-bond donors (Lipinski definition) is 2. The van der Waals surface area contributed by atoms with Crippen molar-refractivity contribution in [1.29, 1.82) is 4.78 Å². The SMILES string of the molecule is CS(=N)(=O)c1cccc(CN)c1.Cl.Cl. The first-order valence-electron chi connectivity index (χ1n) is 3.57. The van der Waals surface area contributed by atoms with E-state index in [-0.39, 0.29) is 24.8 Å². The highest BCUT2D eigenvalue weighted by atomic mass is 35.5. The molecule has 6 heteroatoms. The standard InChI is InChI=1S/C8H12N2OS.2ClH/c1-12(10,11)8-4-2-3-7(5-8)6-9;;/h2-5,10H,6,9H2,1H3;2*1H. The fourth-order valence-corrected chi connectivity index (χ4v) is 1.63. The third-order valence-corrected chi connectivity index (χ3v) is 2.74. The molecular weight excluding hydrogens is 243 g/mol. The van der Waals surface area contributed by atoms with Gasteiger partial charge in [-0.2, -0.15) is 0 Å². The molecule has 1 atom stereocenters. The maximum Gasteiger partial charge on any atom is 0.0696 e. The molecule has 82 valence electrons. The van der Waals surface area contributed by atoms with Gasteiger partial charge in [0.2, 0.25) is 0 Å². The summed E-state index contributed by atoms with van der Waals surface area (Å²) in [5, 5.41) is 0. The van der Waals surface area contributed by atoms with Gasteiger partial charge in [0, 0.05) is 17.7 Å². The quantitative estimate of drug-likeness (QED) is 0.851. The second-order valence-corrected chi connectivity index (χ2v) is 4.85. The molecule has 0 saturated heterocycles. The third kappa shape index (κ3) is 4.28. The van der Waals surface area contributed by atoms with Crippen LogP contribution in [0.3, 0.4) is 0 Å². The van der Waals surface area contributed by atoms with Gasteiger partial charge in [-0.25, -0.2) is 8.99 Å². The van der Waals surface area contributed by atoms with Gasteiger partial charge in [-0.05, 0) is 17.7 Å². The van der Waals surface area contributed by atoms with Crippen LogP contribution < -0.4 is 5.73 Å². The Labute approximate surface area is 96.9 Å². The molecule has 3 N–H and O–H groups in total. The summed E-state index contributed by atoms with van der Waals surface area (Å²) >= 11 is 0. The molecule has 0 amide bonds. The molecular formula is C8H14Cl2N2OS. The van der Waals surface area contributed by atoms with Gasteiger partial charge in [-0.1, -0.05) is 12.1 Å². The fourth-order valence-electron chi connectivity index (χ4n) is 0.915. The van der Waals surface area contributed by atoms with Gasteiger partial charge in [-0.15, -0.1) is 24.8 Å². The number of nitrogens with one attached hydrogen (secondary N) is 1. The first kappa shape index (κ1) is 16.2. The van der Waals surface area contributed by atoms with Gasteiger partial charge in [-0.3, -0.25) is 0 Å². The summed E-state index contributed by atoms with van der Waals surface area (Å²) in [6, 6.07) is 7.04. The van der Waals surface area contributed by atoms with Crippen LogP contribution in [0.1, 0.15) is 5.56 Å². The smallest absolute Gasteiger partial charge is 0.0696 e. The normalized spacial score (nSPS) is 13.3. The number of halogens is 2. The zero-order valence-electron chi connectivity index (χ0n) is 7.73. The van der Waals surface area contributed by atoms with Crippen LogP contribution in [0.2, 0.25) is 0 Å². The Morgan fingerprint density at radius 1 is 1.43 bits per heavy atom. The third-order valence-electron chi connectivity index (χ3n) is 1.58. The zero-order chi connectivity index (χ0) is 9.19. The maximum absolute atomic E-state index is 11.3. The summed E-state index contributed by atoms with van der Waals surface area (Å²) in [6.07, 6.45) is 1.41. The Morgan fingerprint density at radius 2 is 2.00 bits per heavy atom. The van der Waals surface area contributed by atoms with E-state index >= 15 is 0 Å². The number of benzene rings is 1. The van der Waals surface area contributed by atoms with Crippen molar-refractivity contribution in [2.75, 3.05) is 6.26 Å². The Hall–Kier alpha value is -0.290. The van der Waals surface area contributed by atoms with Crippen molar-refractivity contribution in [3.05, 3.63) is 29.8 Å². The van der Waals surface area contributed by atoms with Crippen LogP contribution in [0.15, 0.2) is 29.2 Å². The lowest BCUT2D eigenvalue weighted by Gasteiger charge is -2.02. The highest BCUT2D eigenvalue weighted by Gasteiger charge is 2.02. The molecule has 0 spiro atoms. The molecule has 14 heavy (non-hydrogen) atoms. The molecule has 0 aliphatic heterocycles. The van der Waals surface area contributed by atoms with Crippen molar-refractivity contribution in [3.63, 3.8) is 0 Å². The van der Waals surface area contributed by atoms with E-state index in [0.29, 0.717) is 11.4 Å². The van der Waals surface area contributed by atoms with E-state index in [2.05, 4.69) is 0 Å². The average Bonchev–Trinajstić information content (AvgIpc) is 2.03. The van der Waals surface area contributed by atoms with Crippen molar-refractivity contribution >= 4 is 34.5 Å². The van der Waals surface area contributed by atoms with Crippen LogP contribution in [0.4, 0.5) is 0 Å². The van der Waals surface area contributed by atoms with Crippen LogP contribution >= 0.6 is 24.8 Å². The summed E-state index contributed by atoms with van der Waals surface area (Å²) in [6.45, 7) is 0.420. The monoisotopic (exact) mass is 256 g/mol. The highest BCUT2D eigenvalue weighted by molar-refractivity contribution is 7.91. The molecule has 0 radical (unpaired) electrons. The summed E-state index contributed by atoms with van der Waals surface area (Å²) < 4.78 is 18.6. The summed E-state index contributed by atoms with van der Waals surface area (Å²) in [4.78, 5) is 0.547. The molecule has 1 aromatic carbocycles. The van der Waals surface area contributed by atoms with Crippen LogP contribution in [0.5, 0.6) is 0 Å². The lowest BCUT2D eigenvalue weighted by molar-refractivity contribution is 0.679. The summed E-state index contributed by atoms with van der Waals surface area (Å²) in [7, 11) is -2.59. The van der Waals surface area contributed by atoms with E-state index in [9.17, 15) is 4.21 Å². The highest BCUT2D eigenvalue weighted by Crippen LogP contribution is 2.10. The molecule has 0 bridgehead atoms. The van der Waals surface area contributed by atoms with Gasteiger partial charge < -0.3 is 5.73 Å². The number of rotatable bonds is 2. The van der Waals surface area contributed by atoms with E-state index in [1.165, 1.54) is 6.26 Å². The molecule has 0 saturated carbocycles. The topological polar surface area (TPSA) is 66.9 Å². The van der Waals surface area contributed by atoms with Gasteiger partial charge in [0.1, 0.15) is 0 Å². The average molecular weight is 257 g/mol. The van der Waals surface area contributed by atoms with E-state index in [4.69, 9.17) is 10.5 Å². The second-order valence-electron chi connectivity index (χ2n) is 2.70. The van der Waals surface area contributed by atoms with Gasteiger partial charge >= 0.3 is 0 Å². The van der Waals surface area contributed by atoms with Crippen LogP contribution in [0, 0.1) is 4.78 Å². The Kier molecular flexibility index (Phi) is 7.20. The van der Waals surface area contributed by atoms with Crippen molar-refractivity contribution in [3.8, 4) is 0 Å². The molecule has 1 unspecified atom stereocenters. The first-order chi connectivity index (χ1) is 5.54. The van der Waals surface area contributed by atoms with Gasteiger partial charge in [0.05, 0.1) is 9.73 Å². The predicted octanol–water partition coefficient (Wildman–Crippen LogP) is 2.02. The molecule has 1 rings (SSSR count). The second kappa shape index (κ2) is 6.24. The van der Waals surface area contributed by atoms with Crippen molar-refractivity contribution in [2.45, 2.75) is 11.4 Å². The lowest BCUT2D eigenvalue weighted by atomic mass is 10.2. The molecule has 0 aliphatic rings. The van der Waals surface area contributed by atoms with E-state index in [1.54, 1.807) is 18.2 Å². The summed E-state index contributed by atoms with van der Waals surface area (Å²) in [5.41, 5.74) is 6.32. The zero-order valence-corrected chi connectivity index (χ0v) is 10.2. The molecule has 1 aromatic rings. The predicted molar refractivity (Wildman–Crippen MR) is 63.9 cm³/mol. The molecule has 0 aromatic heterocycles. The molecule has 0 aliphatic carbocycles.